The Hall–Kier alpha value is -4.89. The van der Waals surface area contributed by atoms with E-state index < -0.39 is 0 Å². The van der Waals surface area contributed by atoms with E-state index in [2.05, 4.69) is 46.7 Å². The SMILES string of the molecule is CCn1c(NCCN2CCNCC2)c(C(=O)NCCN2CCNCC2)c(=O)c2ccc(-c3ccc(NC(=O)NCc4cccnc4)cc3)nc21. The summed E-state index contributed by atoms with van der Waals surface area (Å²) in [6.45, 7) is 12.9. The molecule has 50 heavy (non-hydrogen) atoms. The minimum Gasteiger partial charge on any atom is -0.369 e. The van der Waals surface area contributed by atoms with Crippen molar-refractivity contribution in [3.8, 4) is 11.3 Å². The molecular formula is C36H47N11O3. The summed E-state index contributed by atoms with van der Waals surface area (Å²) < 4.78 is 1.94. The number of benzene rings is 1. The molecule has 2 saturated heterocycles. The Balaban J connectivity index is 1.23. The maximum absolute atomic E-state index is 14.1. The largest absolute Gasteiger partial charge is 0.369 e. The number of hydrogen-bond donors (Lipinski definition) is 6. The number of anilines is 2. The zero-order valence-corrected chi connectivity index (χ0v) is 28.6. The Morgan fingerprint density at radius 1 is 0.860 bits per heavy atom. The summed E-state index contributed by atoms with van der Waals surface area (Å²) in [7, 11) is 0. The molecule has 6 rings (SSSR count). The predicted octanol–water partition coefficient (Wildman–Crippen LogP) is 1.75. The first-order chi connectivity index (χ1) is 24.5. The lowest BCUT2D eigenvalue weighted by Crippen LogP contribution is -2.46. The number of piperazine rings is 2. The third-order valence-electron chi connectivity index (χ3n) is 9.12. The molecule has 4 aromatic rings. The lowest BCUT2D eigenvalue weighted by atomic mass is 10.1. The van der Waals surface area contributed by atoms with Gasteiger partial charge < -0.3 is 36.5 Å². The Labute approximate surface area is 292 Å². The first kappa shape index (κ1) is 35.0. The number of hydrogen-bond acceptors (Lipinski definition) is 10. The molecule has 0 unspecified atom stereocenters. The highest BCUT2D eigenvalue weighted by atomic mass is 16.2. The van der Waals surface area contributed by atoms with Gasteiger partial charge in [-0.15, -0.1) is 0 Å². The molecule has 6 N–H and O–H groups in total. The first-order valence-corrected chi connectivity index (χ1v) is 17.5. The second kappa shape index (κ2) is 17.2. The van der Waals surface area contributed by atoms with Crippen molar-refractivity contribution in [2.45, 2.75) is 20.0 Å². The third-order valence-corrected chi connectivity index (χ3v) is 9.12. The number of pyridine rings is 3. The van der Waals surface area contributed by atoms with Crippen LogP contribution < -0.4 is 37.3 Å². The average Bonchev–Trinajstić information content (AvgIpc) is 3.15. The van der Waals surface area contributed by atoms with Gasteiger partial charge in [0.15, 0.2) is 0 Å². The smallest absolute Gasteiger partial charge is 0.319 e. The van der Waals surface area contributed by atoms with Crippen molar-refractivity contribution >= 4 is 34.5 Å². The Bertz CT molecular complexity index is 1800. The number of carbonyl (C=O) groups excluding carboxylic acids is 2. The quantitative estimate of drug-likeness (QED) is 0.123. The van der Waals surface area contributed by atoms with Crippen molar-refractivity contribution in [2.75, 3.05) is 89.2 Å². The number of nitrogens with one attached hydrogen (secondary N) is 6. The lowest BCUT2D eigenvalue weighted by molar-refractivity contribution is 0.0946. The monoisotopic (exact) mass is 681 g/mol. The van der Waals surface area contributed by atoms with Gasteiger partial charge in [-0.2, -0.15) is 0 Å². The van der Waals surface area contributed by atoms with Crippen molar-refractivity contribution in [1.82, 2.24) is 45.6 Å². The standard InChI is InChI=1S/C36H47N11O3/c1-2-47-33-29(9-10-30(44-33)27-5-7-28(8-6-27)43-36(50)42-25-26-4-3-11-39-24-26)32(48)31(34(47)40-16-22-45-18-12-37-13-19-45)35(49)41-17-23-46-20-14-38-15-21-46/h3-11,24,37-38,40H,2,12-23,25H2,1H3,(H,41,49)(H2,42,43,50). The number of nitrogens with zero attached hydrogens (tertiary/aromatic N) is 5. The number of aryl methyl sites for hydroxylation is 1. The minimum absolute atomic E-state index is 0.117. The Morgan fingerprint density at radius 2 is 1.56 bits per heavy atom. The molecule has 3 amide bonds. The van der Waals surface area contributed by atoms with Crippen molar-refractivity contribution in [2.24, 2.45) is 0 Å². The summed E-state index contributed by atoms with van der Waals surface area (Å²) in [6, 6.07) is 14.4. The zero-order chi connectivity index (χ0) is 34.7. The molecule has 0 atom stereocenters. The van der Waals surface area contributed by atoms with E-state index in [0.717, 1.165) is 76.6 Å². The van der Waals surface area contributed by atoms with E-state index in [1.807, 2.05) is 47.9 Å². The van der Waals surface area contributed by atoms with Gasteiger partial charge in [0, 0.05) is 115 Å². The molecule has 14 heteroatoms. The predicted molar refractivity (Wildman–Crippen MR) is 197 cm³/mol. The maximum atomic E-state index is 14.1. The second-order valence-electron chi connectivity index (χ2n) is 12.5. The molecule has 0 spiro atoms. The van der Waals surface area contributed by atoms with Crippen LogP contribution in [0.2, 0.25) is 0 Å². The van der Waals surface area contributed by atoms with E-state index in [0.29, 0.717) is 54.4 Å². The van der Waals surface area contributed by atoms with Gasteiger partial charge in [-0.3, -0.25) is 24.4 Å². The summed E-state index contributed by atoms with van der Waals surface area (Å²) in [6.07, 6.45) is 3.40. The number of aromatic nitrogens is 3. The number of amides is 3. The van der Waals surface area contributed by atoms with Crippen molar-refractivity contribution in [3.63, 3.8) is 0 Å². The van der Waals surface area contributed by atoms with E-state index in [9.17, 15) is 14.4 Å². The molecule has 2 aliphatic heterocycles. The van der Waals surface area contributed by atoms with Crippen LogP contribution in [0.5, 0.6) is 0 Å². The van der Waals surface area contributed by atoms with Gasteiger partial charge in [-0.25, -0.2) is 9.78 Å². The highest BCUT2D eigenvalue weighted by Gasteiger charge is 2.24. The van der Waals surface area contributed by atoms with E-state index in [1.165, 1.54) is 0 Å². The molecule has 1 aromatic carbocycles. The van der Waals surface area contributed by atoms with Crippen LogP contribution in [0.4, 0.5) is 16.3 Å². The van der Waals surface area contributed by atoms with Crippen molar-refractivity contribution in [1.29, 1.82) is 0 Å². The van der Waals surface area contributed by atoms with Crippen LogP contribution in [-0.4, -0.2) is 115 Å². The molecule has 0 radical (unpaired) electrons. The summed E-state index contributed by atoms with van der Waals surface area (Å²) in [5.41, 5.74) is 3.32. The number of carbonyl (C=O) groups is 2. The summed E-state index contributed by atoms with van der Waals surface area (Å²) in [5.74, 6) is 0.108. The fourth-order valence-corrected chi connectivity index (χ4v) is 6.38. The minimum atomic E-state index is -0.379. The highest BCUT2D eigenvalue weighted by Crippen LogP contribution is 2.25. The molecule has 5 heterocycles. The molecular weight excluding hydrogens is 634 g/mol. The lowest BCUT2D eigenvalue weighted by Gasteiger charge is -2.28. The molecule has 2 fully saturated rings. The van der Waals surface area contributed by atoms with Crippen LogP contribution in [-0.2, 0) is 13.1 Å². The summed E-state index contributed by atoms with van der Waals surface area (Å²) in [5, 5.41) is 19.3. The van der Waals surface area contributed by atoms with Gasteiger partial charge in [0.25, 0.3) is 5.91 Å². The van der Waals surface area contributed by atoms with Gasteiger partial charge in [-0.1, -0.05) is 18.2 Å². The molecule has 264 valence electrons. The van der Waals surface area contributed by atoms with Crippen LogP contribution in [0.15, 0.2) is 65.7 Å². The third kappa shape index (κ3) is 8.82. The summed E-state index contributed by atoms with van der Waals surface area (Å²) in [4.78, 5) is 54.0. The number of rotatable bonds is 13. The second-order valence-corrected chi connectivity index (χ2v) is 12.5. The van der Waals surface area contributed by atoms with Crippen molar-refractivity contribution < 1.29 is 9.59 Å². The van der Waals surface area contributed by atoms with Gasteiger partial charge in [0.05, 0.1) is 11.1 Å². The van der Waals surface area contributed by atoms with Gasteiger partial charge >= 0.3 is 6.03 Å². The van der Waals surface area contributed by atoms with Gasteiger partial charge in [0.2, 0.25) is 5.43 Å². The van der Waals surface area contributed by atoms with Gasteiger partial charge in [-0.05, 0) is 42.8 Å². The van der Waals surface area contributed by atoms with E-state index in [4.69, 9.17) is 4.98 Å². The number of fused-ring (bicyclic) bond motifs is 1. The fourth-order valence-electron chi connectivity index (χ4n) is 6.38. The Morgan fingerprint density at radius 3 is 2.22 bits per heavy atom. The van der Waals surface area contributed by atoms with Crippen LogP contribution >= 0.6 is 0 Å². The van der Waals surface area contributed by atoms with Crippen LogP contribution in [0.25, 0.3) is 22.3 Å². The maximum Gasteiger partial charge on any atom is 0.319 e. The molecule has 3 aromatic heterocycles. The molecule has 14 nitrogen and oxygen atoms in total. The van der Waals surface area contributed by atoms with Crippen LogP contribution in [0.1, 0.15) is 22.8 Å². The molecule has 0 saturated carbocycles. The van der Waals surface area contributed by atoms with Gasteiger partial charge in [0.1, 0.15) is 17.0 Å². The average molecular weight is 682 g/mol. The highest BCUT2D eigenvalue weighted by molar-refractivity contribution is 6.02. The van der Waals surface area contributed by atoms with Crippen LogP contribution in [0.3, 0.4) is 0 Å². The topological polar surface area (TPSA) is 161 Å². The van der Waals surface area contributed by atoms with E-state index in [1.54, 1.807) is 24.5 Å². The van der Waals surface area contributed by atoms with E-state index in [-0.39, 0.29) is 22.9 Å². The first-order valence-electron chi connectivity index (χ1n) is 17.5. The van der Waals surface area contributed by atoms with Crippen molar-refractivity contribution in [3.05, 3.63) is 82.3 Å². The molecule has 2 aliphatic rings. The molecule has 0 bridgehead atoms. The normalized spacial score (nSPS) is 15.5. The fraction of sp³-hybridized carbons (Fsp3) is 0.417. The number of urea groups is 1. The summed E-state index contributed by atoms with van der Waals surface area (Å²) >= 11 is 0. The Kier molecular flexibility index (Phi) is 12.0. The van der Waals surface area contributed by atoms with E-state index >= 15 is 0 Å². The zero-order valence-electron chi connectivity index (χ0n) is 28.6. The van der Waals surface area contributed by atoms with Crippen LogP contribution in [0, 0.1) is 0 Å². The molecule has 0 aliphatic carbocycles.